The molecule has 1 aliphatic heterocycles. The lowest BCUT2D eigenvalue weighted by Crippen LogP contribution is -2.22. The Morgan fingerprint density at radius 2 is 1.63 bits per heavy atom. The van der Waals surface area contributed by atoms with E-state index in [2.05, 4.69) is 41.5 Å². The molecule has 0 aromatic heterocycles. The second-order valence-corrected chi connectivity index (χ2v) is 7.66. The maximum Gasteiger partial charge on any atom is 0.266 e. The molecule has 2 aromatic rings. The van der Waals surface area contributed by atoms with E-state index in [4.69, 9.17) is 0 Å². The van der Waals surface area contributed by atoms with E-state index in [0.29, 0.717) is 11.4 Å². The number of carbonyl (C=O) groups is 2. The molecule has 6 heteroatoms. The van der Waals surface area contributed by atoms with Crippen LogP contribution in [0.1, 0.15) is 26.3 Å². The third-order valence-corrected chi connectivity index (χ3v) is 5.18. The molecule has 0 radical (unpaired) electrons. The maximum atomic E-state index is 12.6. The molecule has 0 spiro atoms. The molecule has 1 heterocycles. The van der Waals surface area contributed by atoms with Gasteiger partial charge < -0.3 is 15.5 Å². The number of hydrogen-bond acceptors (Lipinski definition) is 4. The zero-order valence-electron chi connectivity index (χ0n) is 17.5. The normalized spacial score (nSPS) is 16.0. The van der Waals surface area contributed by atoms with Gasteiger partial charge in [0, 0.05) is 42.1 Å². The number of anilines is 3. The van der Waals surface area contributed by atoms with E-state index in [1.54, 1.807) is 30.3 Å². The number of fused-ring (bicyclic) bond motifs is 1. The predicted molar refractivity (Wildman–Crippen MR) is 119 cm³/mol. The fourth-order valence-corrected chi connectivity index (χ4v) is 3.67. The zero-order chi connectivity index (χ0) is 21.9. The van der Waals surface area contributed by atoms with Crippen LogP contribution in [0.15, 0.2) is 72.0 Å². The van der Waals surface area contributed by atoms with Gasteiger partial charge >= 0.3 is 0 Å². The lowest BCUT2D eigenvalue weighted by Gasteiger charge is -2.23. The lowest BCUT2D eigenvalue weighted by atomic mass is 9.83. The topological polar surface area (TPSA) is 85.2 Å². The average Bonchev–Trinajstić information content (AvgIpc) is 2.90. The minimum atomic E-state index is -0.488. The number of nitrogens with zero attached hydrogens (tertiary/aromatic N) is 2. The molecule has 152 valence electrons. The van der Waals surface area contributed by atoms with E-state index in [9.17, 15) is 14.9 Å². The Balaban J connectivity index is 1.80. The molecule has 2 aromatic carbocycles. The van der Waals surface area contributed by atoms with E-state index in [-0.39, 0.29) is 16.9 Å². The van der Waals surface area contributed by atoms with E-state index in [1.165, 1.54) is 12.5 Å². The third-order valence-electron chi connectivity index (χ3n) is 5.18. The molecule has 2 amide bonds. The molecular weight excluding hydrogens is 376 g/mol. The van der Waals surface area contributed by atoms with Crippen LogP contribution in [-0.4, -0.2) is 18.9 Å². The van der Waals surface area contributed by atoms with E-state index < -0.39 is 5.91 Å². The van der Waals surface area contributed by atoms with E-state index in [0.717, 1.165) is 11.4 Å². The van der Waals surface area contributed by atoms with Gasteiger partial charge in [-0.05, 0) is 48.0 Å². The van der Waals surface area contributed by atoms with Crippen LogP contribution in [0.2, 0.25) is 0 Å². The molecule has 0 fully saturated rings. The molecule has 0 atom stereocenters. The van der Waals surface area contributed by atoms with Crippen molar-refractivity contribution in [2.24, 2.45) is 0 Å². The average molecular weight is 400 g/mol. The van der Waals surface area contributed by atoms with Crippen LogP contribution in [0.25, 0.3) is 0 Å². The van der Waals surface area contributed by atoms with Crippen molar-refractivity contribution >= 4 is 28.9 Å². The quantitative estimate of drug-likeness (QED) is 0.590. The van der Waals surface area contributed by atoms with Crippen molar-refractivity contribution in [3.8, 4) is 6.07 Å². The molecule has 30 heavy (non-hydrogen) atoms. The molecule has 0 aliphatic carbocycles. The highest BCUT2D eigenvalue weighted by molar-refractivity contribution is 6.06. The van der Waals surface area contributed by atoms with Gasteiger partial charge in [0.2, 0.25) is 5.91 Å². The Hall–Kier alpha value is -3.85. The van der Waals surface area contributed by atoms with Crippen LogP contribution in [0.3, 0.4) is 0 Å². The number of nitrogens with one attached hydrogen (secondary N) is 2. The number of nitriles is 1. The predicted octanol–water partition coefficient (Wildman–Crippen LogP) is 4.34. The van der Waals surface area contributed by atoms with Crippen LogP contribution in [0.5, 0.6) is 0 Å². The molecule has 6 nitrogen and oxygen atoms in total. The minimum absolute atomic E-state index is 0.00796. The summed E-state index contributed by atoms with van der Waals surface area (Å²) < 4.78 is 0. The summed E-state index contributed by atoms with van der Waals surface area (Å²) in [6.45, 7) is 5.67. The van der Waals surface area contributed by atoms with Gasteiger partial charge in [0.15, 0.2) is 0 Å². The third kappa shape index (κ3) is 4.11. The Kier molecular flexibility index (Phi) is 5.74. The first kappa shape index (κ1) is 20.9. The number of carbonyl (C=O) groups excluding carboxylic acids is 2. The summed E-state index contributed by atoms with van der Waals surface area (Å²) in [5, 5.41) is 14.9. The summed E-state index contributed by atoms with van der Waals surface area (Å²) in [6, 6.07) is 16.8. The highest BCUT2D eigenvalue weighted by Gasteiger charge is 2.37. The van der Waals surface area contributed by atoms with E-state index in [1.807, 2.05) is 31.3 Å². The van der Waals surface area contributed by atoms with Crippen molar-refractivity contribution in [1.82, 2.24) is 0 Å². The van der Waals surface area contributed by atoms with Crippen molar-refractivity contribution < 1.29 is 9.59 Å². The fourth-order valence-electron chi connectivity index (χ4n) is 3.67. The Labute approximate surface area is 176 Å². The number of allylic oxidation sites excluding steroid dienone is 3. The summed E-state index contributed by atoms with van der Waals surface area (Å²) in [7, 11) is 1.98. The summed E-state index contributed by atoms with van der Waals surface area (Å²) >= 11 is 0. The van der Waals surface area contributed by atoms with Gasteiger partial charge in [-0.25, -0.2) is 0 Å². The van der Waals surface area contributed by atoms with Crippen molar-refractivity contribution in [3.05, 3.63) is 77.5 Å². The second kappa shape index (κ2) is 8.26. The van der Waals surface area contributed by atoms with Gasteiger partial charge in [0.05, 0.1) is 0 Å². The zero-order valence-corrected chi connectivity index (χ0v) is 17.5. The smallest absolute Gasteiger partial charge is 0.266 e. The molecule has 0 saturated heterocycles. The first-order chi connectivity index (χ1) is 14.2. The summed E-state index contributed by atoms with van der Waals surface area (Å²) in [4.78, 5) is 25.7. The van der Waals surface area contributed by atoms with Crippen LogP contribution in [0.4, 0.5) is 17.1 Å². The van der Waals surface area contributed by atoms with Crippen molar-refractivity contribution in [2.75, 3.05) is 22.6 Å². The molecule has 0 unspecified atom stereocenters. The monoisotopic (exact) mass is 400 g/mol. The fraction of sp³-hybridized carbons (Fsp3) is 0.208. The number of para-hydroxylation sites is 1. The standard InChI is InChI=1S/C24H24N4O2/c1-16(29)26-18-10-12-19(13-11-18)27-23(30)17(15-25)9-14-22-24(2,3)20-7-5-6-8-21(20)28(22)4/h5-14H,1-4H3,(H,26,29)(H,27,30)/b17-9+,22-14-. The SMILES string of the molecule is CC(=O)Nc1ccc(NC(=O)/C(C#N)=C/C=C2\N(C)c3ccccc3C2(C)C)cc1. The van der Waals surface area contributed by atoms with Crippen molar-refractivity contribution in [2.45, 2.75) is 26.2 Å². The minimum Gasteiger partial charge on any atom is -0.347 e. The largest absolute Gasteiger partial charge is 0.347 e. The molecule has 1 aliphatic rings. The van der Waals surface area contributed by atoms with Gasteiger partial charge in [-0.1, -0.05) is 32.0 Å². The number of likely N-dealkylation sites (N-methyl/N-ethyl adjacent to an activating group) is 1. The first-order valence-electron chi connectivity index (χ1n) is 9.59. The first-order valence-corrected chi connectivity index (χ1v) is 9.59. The molecule has 0 bridgehead atoms. The summed E-state index contributed by atoms with van der Waals surface area (Å²) in [5.41, 5.74) is 4.26. The molecule has 0 saturated carbocycles. The van der Waals surface area contributed by atoms with Crippen molar-refractivity contribution in [1.29, 1.82) is 5.26 Å². The van der Waals surface area contributed by atoms with Crippen LogP contribution < -0.4 is 15.5 Å². The van der Waals surface area contributed by atoms with Gasteiger partial charge in [-0.2, -0.15) is 5.26 Å². The highest BCUT2D eigenvalue weighted by Crippen LogP contribution is 2.46. The van der Waals surface area contributed by atoms with Crippen LogP contribution in [-0.2, 0) is 15.0 Å². The number of rotatable bonds is 4. The Bertz CT molecular complexity index is 1090. The summed E-state index contributed by atoms with van der Waals surface area (Å²) in [5.74, 6) is -0.658. The molecular formula is C24H24N4O2. The van der Waals surface area contributed by atoms with Gasteiger partial charge in [-0.15, -0.1) is 0 Å². The number of amides is 2. The van der Waals surface area contributed by atoms with Crippen LogP contribution >= 0.6 is 0 Å². The molecule has 2 N–H and O–H groups in total. The number of benzene rings is 2. The van der Waals surface area contributed by atoms with Crippen LogP contribution in [0, 0.1) is 11.3 Å². The Morgan fingerprint density at radius 1 is 1.03 bits per heavy atom. The van der Waals surface area contributed by atoms with Gasteiger partial charge in [0.1, 0.15) is 11.6 Å². The molecule has 3 rings (SSSR count). The Morgan fingerprint density at radius 3 is 2.20 bits per heavy atom. The van der Waals surface area contributed by atoms with Crippen molar-refractivity contribution in [3.63, 3.8) is 0 Å². The van der Waals surface area contributed by atoms with Gasteiger partial charge in [0.25, 0.3) is 5.91 Å². The van der Waals surface area contributed by atoms with Gasteiger partial charge in [-0.3, -0.25) is 9.59 Å². The second-order valence-electron chi connectivity index (χ2n) is 7.66. The maximum absolute atomic E-state index is 12.6. The number of hydrogen-bond donors (Lipinski definition) is 2. The highest BCUT2D eigenvalue weighted by atomic mass is 16.2. The lowest BCUT2D eigenvalue weighted by molar-refractivity contribution is -0.114. The van der Waals surface area contributed by atoms with E-state index >= 15 is 0 Å². The summed E-state index contributed by atoms with van der Waals surface area (Å²) in [6.07, 6.45) is 3.39.